The van der Waals surface area contributed by atoms with E-state index in [0.29, 0.717) is 5.16 Å². The number of aryl methyl sites for hydroxylation is 1. The first-order valence-corrected chi connectivity index (χ1v) is 9.82. The summed E-state index contributed by atoms with van der Waals surface area (Å²) in [5.74, 6) is -1.94. The Morgan fingerprint density at radius 3 is 2.81 bits per heavy atom. The Kier molecular flexibility index (Phi) is 5.96. The van der Waals surface area contributed by atoms with Gasteiger partial charge in [0.25, 0.3) is 0 Å². The zero-order valence-corrected chi connectivity index (χ0v) is 17.0. The predicted octanol–water partition coefficient (Wildman–Crippen LogP) is 5.26. The fourth-order valence-corrected chi connectivity index (χ4v) is 3.82. The minimum absolute atomic E-state index is 0.0329. The summed E-state index contributed by atoms with van der Waals surface area (Å²) in [7, 11) is 0. The number of halogens is 3. The predicted molar refractivity (Wildman–Crippen MR) is 106 cm³/mol. The molecule has 0 fully saturated rings. The Balaban J connectivity index is 1.73. The average molecular weight is 452 g/mol. The number of carbonyl (C=O) groups is 1. The quantitative estimate of drug-likeness (QED) is 0.538. The van der Waals surface area contributed by atoms with Crippen molar-refractivity contribution in [3.05, 3.63) is 70.0 Å². The fraction of sp³-hybridized carbons (Fsp3) is 0.158. The van der Waals surface area contributed by atoms with Crippen LogP contribution in [-0.2, 0) is 4.79 Å². The van der Waals surface area contributed by atoms with E-state index in [0.717, 1.165) is 28.9 Å². The van der Waals surface area contributed by atoms with Gasteiger partial charge in [-0.25, -0.2) is 13.8 Å². The molecule has 0 bridgehead atoms. The Hall–Kier alpha value is -2.19. The minimum atomic E-state index is -0.836. The summed E-state index contributed by atoms with van der Waals surface area (Å²) in [6.45, 7) is 4.06. The maximum atomic E-state index is 13.8. The van der Waals surface area contributed by atoms with Gasteiger partial charge in [-0.2, -0.15) is 0 Å². The highest BCUT2D eigenvalue weighted by Crippen LogP contribution is 2.28. The van der Waals surface area contributed by atoms with E-state index in [1.165, 1.54) is 11.8 Å². The van der Waals surface area contributed by atoms with E-state index in [-0.39, 0.29) is 15.9 Å². The number of thioether (sulfide) groups is 1. The van der Waals surface area contributed by atoms with Crippen LogP contribution in [0.15, 0.2) is 52.4 Å². The molecule has 8 heteroatoms. The lowest BCUT2D eigenvalue weighted by Gasteiger charge is -2.12. The van der Waals surface area contributed by atoms with Crippen LogP contribution in [0, 0.1) is 25.5 Å². The summed E-state index contributed by atoms with van der Waals surface area (Å²) in [5.41, 5.74) is 3.19. The van der Waals surface area contributed by atoms with Crippen LogP contribution in [0.1, 0.15) is 11.1 Å². The molecule has 0 aliphatic heterocycles. The number of anilines is 1. The third-order valence-corrected chi connectivity index (χ3v) is 5.64. The van der Waals surface area contributed by atoms with Crippen LogP contribution in [0.4, 0.5) is 14.5 Å². The van der Waals surface area contributed by atoms with Crippen molar-refractivity contribution in [3.63, 3.8) is 0 Å². The molecule has 0 aliphatic carbocycles. The standard InChI is InChI=1S/C19H16BrF2N3OS/c1-11-4-3-5-16(12(11)2)25-7-6-23-19(25)27-10-17(26)24-18-14(20)8-13(21)9-15(18)22/h3-9H,10H2,1-2H3,(H,24,26). The second-order valence-electron chi connectivity index (χ2n) is 5.88. The molecule has 0 unspecified atom stereocenters. The largest absolute Gasteiger partial charge is 0.322 e. The van der Waals surface area contributed by atoms with E-state index in [1.807, 2.05) is 42.8 Å². The van der Waals surface area contributed by atoms with Gasteiger partial charge < -0.3 is 5.32 Å². The van der Waals surface area contributed by atoms with Crippen molar-refractivity contribution in [1.82, 2.24) is 9.55 Å². The molecule has 3 rings (SSSR count). The number of hydrogen-bond acceptors (Lipinski definition) is 3. The monoisotopic (exact) mass is 451 g/mol. The minimum Gasteiger partial charge on any atom is -0.322 e. The van der Waals surface area contributed by atoms with E-state index >= 15 is 0 Å². The number of rotatable bonds is 5. The van der Waals surface area contributed by atoms with Crippen LogP contribution >= 0.6 is 27.7 Å². The third kappa shape index (κ3) is 4.39. The first kappa shape index (κ1) is 19.6. The number of amides is 1. The van der Waals surface area contributed by atoms with E-state index in [9.17, 15) is 13.6 Å². The lowest BCUT2D eigenvalue weighted by Crippen LogP contribution is -2.16. The van der Waals surface area contributed by atoms with Gasteiger partial charge in [-0.05, 0) is 53.0 Å². The number of imidazole rings is 1. The normalized spacial score (nSPS) is 10.9. The third-order valence-electron chi connectivity index (χ3n) is 4.05. The number of hydrogen-bond donors (Lipinski definition) is 1. The van der Waals surface area contributed by atoms with Gasteiger partial charge in [0, 0.05) is 22.9 Å². The molecule has 0 saturated carbocycles. The molecular formula is C19H16BrF2N3OS. The van der Waals surface area contributed by atoms with Gasteiger partial charge in [-0.3, -0.25) is 9.36 Å². The molecule has 1 N–H and O–H groups in total. The van der Waals surface area contributed by atoms with Gasteiger partial charge in [-0.1, -0.05) is 23.9 Å². The summed E-state index contributed by atoms with van der Waals surface area (Å²) in [6, 6.07) is 7.80. The van der Waals surface area contributed by atoms with E-state index in [2.05, 4.69) is 26.2 Å². The second-order valence-corrected chi connectivity index (χ2v) is 7.68. The molecule has 0 atom stereocenters. The van der Waals surface area contributed by atoms with Crippen LogP contribution in [0.3, 0.4) is 0 Å². The Morgan fingerprint density at radius 1 is 1.30 bits per heavy atom. The molecule has 3 aromatic rings. The van der Waals surface area contributed by atoms with Crippen LogP contribution in [0.5, 0.6) is 0 Å². The molecule has 0 radical (unpaired) electrons. The molecule has 1 heterocycles. The SMILES string of the molecule is Cc1cccc(-n2ccnc2SCC(=O)Nc2c(F)cc(F)cc2Br)c1C. The zero-order chi connectivity index (χ0) is 19.6. The summed E-state index contributed by atoms with van der Waals surface area (Å²) in [5, 5.41) is 3.11. The van der Waals surface area contributed by atoms with Crippen LogP contribution in [0.25, 0.3) is 5.69 Å². The molecule has 0 spiro atoms. The van der Waals surface area contributed by atoms with Crippen LogP contribution in [-0.4, -0.2) is 21.2 Å². The Bertz CT molecular complexity index is 983. The van der Waals surface area contributed by atoms with E-state index < -0.39 is 17.5 Å². The molecule has 1 aromatic heterocycles. The number of aromatic nitrogens is 2. The number of carbonyl (C=O) groups excluding carboxylic acids is 1. The maximum Gasteiger partial charge on any atom is 0.234 e. The Labute approximate surface area is 168 Å². The molecule has 27 heavy (non-hydrogen) atoms. The number of benzene rings is 2. The molecule has 1 amide bonds. The van der Waals surface area contributed by atoms with Crippen molar-refractivity contribution < 1.29 is 13.6 Å². The molecule has 2 aromatic carbocycles. The molecular weight excluding hydrogens is 436 g/mol. The summed E-state index contributed by atoms with van der Waals surface area (Å²) < 4.78 is 29.1. The Morgan fingerprint density at radius 2 is 2.07 bits per heavy atom. The highest BCUT2D eigenvalue weighted by atomic mass is 79.9. The molecule has 0 aliphatic rings. The van der Waals surface area contributed by atoms with Crippen molar-refractivity contribution in [2.75, 3.05) is 11.1 Å². The van der Waals surface area contributed by atoms with Gasteiger partial charge in [0.2, 0.25) is 5.91 Å². The number of nitrogens with zero attached hydrogens (tertiary/aromatic N) is 2. The highest BCUT2D eigenvalue weighted by Gasteiger charge is 2.15. The van der Waals surface area contributed by atoms with Gasteiger partial charge in [0.05, 0.1) is 17.1 Å². The van der Waals surface area contributed by atoms with Crippen molar-refractivity contribution in [2.45, 2.75) is 19.0 Å². The zero-order valence-electron chi connectivity index (χ0n) is 14.6. The van der Waals surface area contributed by atoms with Crippen LogP contribution in [0.2, 0.25) is 0 Å². The summed E-state index contributed by atoms with van der Waals surface area (Å²) >= 11 is 4.29. The van der Waals surface area contributed by atoms with Crippen molar-refractivity contribution >= 4 is 39.3 Å². The lowest BCUT2D eigenvalue weighted by atomic mass is 10.1. The lowest BCUT2D eigenvalue weighted by molar-refractivity contribution is -0.113. The van der Waals surface area contributed by atoms with Crippen molar-refractivity contribution in [3.8, 4) is 5.69 Å². The highest BCUT2D eigenvalue weighted by molar-refractivity contribution is 9.10. The number of nitrogens with one attached hydrogen (secondary N) is 1. The second kappa shape index (κ2) is 8.22. The van der Waals surface area contributed by atoms with Gasteiger partial charge >= 0.3 is 0 Å². The molecule has 140 valence electrons. The smallest absolute Gasteiger partial charge is 0.234 e. The van der Waals surface area contributed by atoms with Crippen LogP contribution < -0.4 is 5.32 Å². The van der Waals surface area contributed by atoms with Gasteiger partial charge in [0.1, 0.15) is 5.82 Å². The van der Waals surface area contributed by atoms with Crippen molar-refractivity contribution in [1.29, 1.82) is 0 Å². The first-order valence-electron chi connectivity index (χ1n) is 8.04. The van der Waals surface area contributed by atoms with Gasteiger partial charge in [-0.15, -0.1) is 0 Å². The molecule has 4 nitrogen and oxygen atoms in total. The van der Waals surface area contributed by atoms with E-state index in [1.54, 1.807) is 6.20 Å². The average Bonchev–Trinajstić information content (AvgIpc) is 3.07. The topological polar surface area (TPSA) is 46.9 Å². The molecule has 0 saturated heterocycles. The van der Waals surface area contributed by atoms with Gasteiger partial charge in [0.15, 0.2) is 11.0 Å². The first-order chi connectivity index (χ1) is 12.9. The summed E-state index contributed by atoms with van der Waals surface area (Å²) in [4.78, 5) is 16.5. The summed E-state index contributed by atoms with van der Waals surface area (Å²) in [6.07, 6.45) is 3.50. The van der Waals surface area contributed by atoms with E-state index in [4.69, 9.17) is 0 Å². The maximum absolute atomic E-state index is 13.8. The van der Waals surface area contributed by atoms with Crippen molar-refractivity contribution in [2.24, 2.45) is 0 Å². The fourth-order valence-electron chi connectivity index (χ4n) is 2.54.